The van der Waals surface area contributed by atoms with Gasteiger partial charge in [0.2, 0.25) is 5.91 Å². The molecule has 0 saturated carbocycles. The van der Waals surface area contributed by atoms with Gasteiger partial charge in [-0.2, -0.15) is 0 Å². The summed E-state index contributed by atoms with van der Waals surface area (Å²) < 4.78 is 0. The lowest BCUT2D eigenvalue weighted by Crippen LogP contribution is -2.42. The van der Waals surface area contributed by atoms with Gasteiger partial charge in [0.1, 0.15) is 0 Å². The summed E-state index contributed by atoms with van der Waals surface area (Å²) in [6.45, 7) is 10.6. The fraction of sp³-hybridized carbons (Fsp3) is 0.526. The lowest BCUT2D eigenvalue weighted by atomic mass is 9.92. The highest BCUT2D eigenvalue weighted by molar-refractivity contribution is 5.91. The molecule has 1 fully saturated rings. The molecule has 1 heterocycles. The molecule has 1 saturated heterocycles. The van der Waals surface area contributed by atoms with E-state index < -0.39 is 0 Å². The van der Waals surface area contributed by atoms with Crippen molar-refractivity contribution in [1.29, 1.82) is 0 Å². The van der Waals surface area contributed by atoms with E-state index in [0.29, 0.717) is 0 Å². The predicted molar refractivity (Wildman–Crippen MR) is 92.6 cm³/mol. The van der Waals surface area contributed by atoms with Gasteiger partial charge in [0, 0.05) is 32.3 Å². The molecule has 2 rings (SSSR count). The van der Waals surface area contributed by atoms with Crippen molar-refractivity contribution in [2.45, 2.75) is 27.2 Å². The van der Waals surface area contributed by atoms with Gasteiger partial charge in [-0.05, 0) is 36.8 Å². The molecule has 1 amide bonds. The van der Waals surface area contributed by atoms with Crippen molar-refractivity contribution in [1.82, 2.24) is 10.2 Å². The fourth-order valence-electron chi connectivity index (χ4n) is 3.22. The number of nitrogens with zero attached hydrogens (tertiary/aromatic N) is 1. The number of carbonyl (C=O) groups excluding carboxylic acids is 1. The monoisotopic (exact) mass is 300 g/mol. The van der Waals surface area contributed by atoms with Crippen molar-refractivity contribution in [3.8, 4) is 0 Å². The Labute approximate surface area is 134 Å². The summed E-state index contributed by atoms with van der Waals surface area (Å²) in [5.41, 5.74) is 2.28. The van der Waals surface area contributed by atoms with Crippen LogP contribution in [0.25, 0.3) is 6.08 Å². The summed E-state index contributed by atoms with van der Waals surface area (Å²) in [5, 5.41) is 2.97. The maximum atomic E-state index is 11.8. The minimum absolute atomic E-state index is 0.0151. The van der Waals surface area contributed by atoms with E-state index in [4.69, 9.17) is 0 Å². The highest BCUT2D eigenvalue weighted by Crippen LogP contribution is 2.20. The zero-order chi connectivity index (χ0) is 15.9. The first-order chi connectivity index (χ1) is 10.5. The number of benzene rings is 1. The van der Waals surface area contributed by atoms with Gasteiger partial charge in [0.15, 0.2) is 0 Å². The fourth-order valence-corrected chi connectivity index (χ4v) is 3.22. The summed E-state index contributed by atoms with van der Waals surface area (Å²) in [5.74, 6) is 1.51. The van der Waals surface area contributed by atoms with Gasteiger partial charge in [-0.15, -0.1) is 0 Å². The molecule has 1 aromatic carbocycles. The Bertz CT molecular complexity index is 497. The molecule has 1 N–H and O–H groups in total. The molecule has 1 aromatic rings. The molecular weight excluding hydrogens is 272 g/mol. The van der Waals surface area contributed by atoms with Crippen LogP contribution in [0.15, 0.2) is 30.3 Å². The van der Waals surface area contributed by atoms with E-state index in [0.717, 1.165) is 43.6 Å². The first-order valence-corrected chi connectivity index (χ1v) is 8.28. The van der Waals surface area contributed by atoms with Gasteiger partial charge in [-0.3, -0.25) is 4.79 Å². The molecule has 0 aliphatic carbocycles. The maximum Gasteiger partial charge on any atom is 0.244 e. The second-order valence-corrected chi connectivity index (χ2v) is 6.74. The molecule has 2 atom stereocenters. The van der Waals surface area contributed by atoms with Crippen LogP contribution in [0.3, 0.4) is 0 Å². The van der Waals surface area contributed by atoms with Crippen LogP contribution in [0.5, 0.6) is 0 Å². The van der Waals surface area contributed by atoms with E-state index in [1.807, 2.05) is 18.2 Å². The first-order valence-electron chi connectivity index (χ1n) is 8.28. The smallest absolute Gasteiger partial charge is 0.244 e. The van der Waals surface area contributed by atoms with E-state index in [-0.39, 0.29) is 5.91 Å². The summed E-state index contributed by atoms with van der Waals surface area (Å²) in [6, 6.07) is 8.15. The van der Waals surface area contributed by atoms with Crippen LogP contribution in [0.1, 0.15) is 31.4 Å². The van der Waals surface area contributed by atoms with Crippen LogP contribution in [0.4, 0.5) is 0 Å². The van der Waals surface area contributed by atoms with Gasteiger partial charge in [0.05, 0.1) is 0 Å². The number of amides is 1. The second kappa shape index (κ2) is 8.14. The summed E-state index contributed by atoms with van der Waals surface area (Å²) >= 11 is 0. The lowest BCUT2D eigenvalue weighted by Gasteiger charge is -2.34. The zero-order valence-electron chi connectivity index (χ0n) is 14.0. The maximum absolute atomic E-state index is 11.8. The van der Waals surface area contributed by atoms with Crippen LogP contribution in [-0.4, -0.2) is 37.0 Å². The Hall–Kier alpha value is -1.61. The molecule has 2 unspecified atom stereocenters. The van der Waals surface area contributed by atoms with Crippen molar-refractivity contribution < 1.29 is 4.79 Å². The van der Waals surface area contributed by atoms with E-state index in [1.165, 1.54) is 12.0 Å². The van der Waals surface area contributed by atoms with E-state index >= 15 is 0 Å². The Morgan fingerprint density at radius 2 is 1.86 bits per heavy atom. The van der Waals surface area contributed by atoms with E-state index in [2.05, 4.69) is 43.1 Å². The molecule has 0 bridgehead atoms. The van der Waals surface area contributed by atoms with Crippen LogP contribution in [0, 0.1) is 18.8 Å². The summed E-state index contributed by atoms with van der Waals surface area (Å²) in [4.78, 5) is 14.3. The van der Waals surface area contributed by atoms with Crippen LogP contribution in [0.2, 0.25) is 0 Å². The largest absolute Gasteiger partial charge is 0.351 e. The van der Waals surface area contributed by atoms with Crippen LogP contribution >= 0.6 is 0 Å². The average molecular weight is 300 g/mol. The third kappa shape index (κ3) is 5.64. The van der Waals surface area contributed by atoms with Crippen molar-refractivity contribution in [2.75, 3.05) is 26.2 Å². The van der Waals surface area contributed by atoms with Gasteiger partial charge in [-0.25, -0.2) is 0 Å². The number of rotatable bonds is 5. The zero-order valence-corrected chi connectivity index (χ0v) is 14.0. The van der Waals surface area contributed by atoms with Crippen molar-refractivity contribution in [3.63, 3.8) is 0 Å². The minimum Gasteiger partial charge on any atom is -0.351 e. The van der Waals surface area contributed by atoms with Crippen molar-refractivity contribution in [3.05, 3.63) is 41.5 Å². The molecule has 0 radical (unpaired) electrons. The van der Waals surface area contributed by atoms with Gasteiger partial charge >= 0.3 is 0 Å². The highest BCUT2D eigenvalue weighted by atomic mass is 16.1. The van der Waals surface area contributed by atoms with Crippen LogP contribution in [-0.2, 0) is 4.79 Å². The Kier molecular flexibility index (Phi) is 6.20. The van der Waals surface area contributed by atoms with E-state index in [9.17, 15) is 4.79 Å². The number of nitrogens with one attached hydrogen (secondary N) is 1. The molecule has 1 aliphatic rings. The number of carbonyl (C=O) groups is 1. The van der Waals surface area contributed by atoms with Crippen molar-refractivity contribution >= 4 is 12.0 Å². The predicted octanol–water partition coefficient (Wildman–Crippen LogP) is 3.10. The number of likely N-dealkylation sites (tertiary alicyclic amines) is 1. The Morgan fingerprint density at radius 3 is 2.50 bits per heavy atom. The second-order valence-electron chi connectivity index (χ2n) is 6.74. The van der Waals surface area contributed by atoms with Crippen molar-refractivity contribution in [2.24, 2.45) is 11.8 Å². The van der Waals surface area contributed by atoms with Gasteiger partial charge in [-0.1, -0.05) is 43.7 Å². The molecule has 0 aromatic heterocycles. The topological polar surface area (TPSA) is 32.3 Å². The summed E-state index contributed by atoms with van der Waals surface area (Å²) in [7, 11) is 0. The SMILES string of the molecule is Cc1ccc(/C=C/C(=O)NCCN2CC(C)CC(C)C2)cc1. The van der Waals surface area contributed by atoms with Gasteiger partial charge < -0.3 is 10.2 Å². The molecule has 120 valence electrons. The number of hydrogen-bond acceptors (Lipinski definition) is 2. The third-order valence-corrected chi connectivity index (χ3v) is 4.18. The third-order valence-electron chi connectivity index (χ3n) is 4.18. The molecule has 22 heavy (non-hydrogen) atoms. The normalized spacial score (nSPS) is 22.9. The highest BCUT2D eigenvalue weighted by Gasteiger charge is 2.21. The van der Waals surface area contributed by atoms with Gasteiger partial charge in [0.25, 0.3) is 0 Å². The average Bonchev–Trinajstić information content (AvgIpc) is 2.46. The number of piperidine rings is 1. The molecule has 0 spiro atoms. The Morgan fingerprint density at radius 1 is 1.23 bits per heavy atom. The van der Waals surface area contributed by atoms with E-state index in [1.54, 1.807) is 6.08 Å². The Balaban J connectivity index is 1.70. The summed E-state index contributed by atoms with van der Waals surface area (Å²) in [6.07, 6.45) is 4.80. The minimum atomic E-state index is -0.0151. The first kappa shape index (κ1) is 16.8. The molecular formula is C19H28N2O. The molecule has 3 nitrogen and oxygen atoms in total. The standard InChI is InChI=1S/C19H28N2O/c1-15-4-6-18(7-5-15)8-9-19(22)20-10-11-21-13-16(2)12-17(3)14-21/h4-9,16-17H,10-14H2,1-3H3,(H,20,22)/b9-8+. The molecule has 1 aliphatic heterocycles. The van der Waals surface area contributed by atoms with Crippen LogP contribution < -0.4 is 5.32 Å². The number of hydrogen-bond donors (Lipinski definition) is 1. The molecule has 3 heteroatoms. The lowest BCUT2D eigenvalue weighted by molar-refractivity contribution is -0.116. The number of aryl methyl sites for hydroxylation is 1. The quantitative estimate of drug-likeness (QED) is 0.848.